The smallest absolute Gasteiger partial charge is 0.244 e. The third kappa shape index (κ3) is 4.28. The van der Waals surface area contributed by atoms with Gasteiger partial charge in [0.15, 0.2) is 5.76 Å². The lowest BCUT2D eigenvalue weighted by atomic mass is 9.97. The van der Waals surface area contributed by atoms with E-state index in [1.807, 2.05) is 30.5 Å². The third-order valence-corrected chi connectivity index (χ3v) is 5.01. The molecule has 1 aliphatic rings. The molecule has 4 rings (SSSR count). The lowest BCUT2D eigenvalue weighted by molar-refractivity contribution is -0.131. The maximum absolute atomic E-state index is 12.6. The van der Waals surface area contributed by atoms with Gasteiger partial charge < -0.3 is 14.7 Å². The van der Waals surface area contributed by atoms with E-state index in [0.29, 0.717) is 23.9 Å². The second-order valence-electron chi connectivity index (χ2n) is 7.15. The molecule has 0 bridgehead atoms. The van der Waals surface area contributed by atoms with Crippen molar-refractivity contribution < 1.29 is 9.32 Å². The summed E-state index contributed by atoms with van der Waals surface area (Å²) in [6.45, 7) is 2.59. The molecule has 4 heterocycles. The van der Waals surface area contributed by atoms with Crippen LogP contribution in [-0.2, 0) is 17.9 Å². The number of nitrogens with zero attached hydrogens (tertiary/aromatic N) is 5. The standard InChI is InChI=1S/C20H24N6O2/c1-25(13-17-10-19(24-28-17)16-5-3-8-22-12-16)20(27)14-26-9-6-18(23-26)15-4-2-7-21-11-15/h3,5-6,8-10,12,15,21H,2,4,7,11,13-14H2,1H3/t15-/m1/s1. The van der Waals surface area contributed by atoms with Crippen molar-refractivity contribution in [2.24, 2.45) is 0 Å². The van der Waals surface area contributed by atoms with Crippen LogP contribution in [0.25, 0.3) is 11.3 Å². The second-order valence-corrected chi connectivity index (χ2v) is 7.15. The van der Waals surface area contributed by atoms with Crippen LogP contribution in [0.15, 0.2) is 47.4 Å². The number of aromatic nitrogens is 4. The highest BCUT2D eigenvalue weighted by Crippen LogP contribution is 2.21. The van der Waals surface area contributed by atoms with E-state index in [9.17, 15) is 4.79 Å². The summed E-state index contributed by atoms with van der Waals surface area (Å²) in [5.41, 5.74) is 2.65. The zero-order chi connectivity index (χ0) is 19.3. The monoisotopic (exact) mass is 380 g/mol. The molecule has 1 atom stereocenters. The molecule has 1 fully saturated rings. The van der Waals surface area contributed by atoms with Gasteiger partial charge in [0.25, 0.3) is 0 Å². The Bertz CT molecular complexity index is 914. The number of hydrogen-bond donors (Lipinski definition) is 1. The predicted octanol–water partition coefficient (Wildman–Crippen LogP) is 2.06. The normalized spacial score (nSPS) is 16.8. The molecule has 8 nitrogen and oxygen atoms in total. The van der Waals surface area contributed by atoms with E-state index in [2.05, 4.69) is 20.6 Å². The minimum absolute atomic E-state index is 0.0317. The molecule has 1 saturated heterocycles. The summed E-state index contributed by atoms with van der Waals surface area (Å²) in [6.07, 6.45) is 7.63. The number of nitrogens with one attached hydrogen (secondary N) is 1. The van der Waals surface area contributed by atoms with Crippen LogP contribution >= 0.6 is 0 Å². The third-order valence-electron chi connectivity index (χ3n) is 5.01. The average molecular weight is 380 g/mol. The van der Waals surface area contributed by atoms with Gasteiger partial charge in [-0.25, -0.2) is 0 Å². The van der Waals surface area contributed by atoms with Crippen molar-refractivity contribution in [2.45, 2.75) is 31.8 Å². The summed E-state index contributed by atoms with van der Waals surface area (Å²) in [7, 11) is 1.75. The van der Waals surface area contributed by atoms with Crippen molar-refractivity contribution >= 4 is 5.91 Å². The fourth-order valence-corrected chi connectivity index (χ4v) is 3.41. The Morgan fingerprint density at radius 2 is 2.36 bits per heavy atom. The molecule has 3 aromatic heterocycles. The molecule has 0 aromatic carbocycles. The Morgan fingerprint density at radius 3 is 3.14 bits per heavy atom. The number of carbonyl (C=O) groups excluding carboxylic acids is 1. The molecule has 1 amide bonds. The van der Waals surface area contributed by atoms with Crippen molar-refractivity contribution in [3.63, 3.8) is 0 Å². The van der Waals surface area contributed by atoms with Gasteiger partial charge in [0.2, 0.25) is 5.91 Å². The molecule has 3 aromatic rings. The number of pyridine rings is 1. The molecule has 1 aliphatic heterocycles. The van der Waals surface area contributed by atoms with E-state index in [0.717, 1.165) is 37.2 Å². The molecule has 1 N–H and O–H groups in total. The lowest BCUT2D eigenvalue weighted by Crippen LogP contribution is -2.30. The van der Waals surface area contributed by atoms with E-state index in [1.54, 1.807) is 29.0 Å². The largest absolute Gasteiger partial charge is 0.359 e. The van der Waals surface area contributed by atoms with Gasteiger partial charge in [-0.05, 0) is 37.6 Å². The van der Waals surface area contributed by atoms with E-state index in [-0.39, 0.29) is 12.5 Å². The van der Waals surface area contributed by atoms with E-state index in [4.69, 9.17) is 4.52 Å². The SMILES string of the molecule is CN(Cc1cc(-c2cccnc2)no1)C(=O)Cn1ccc([C@@H]2CCCNC2)n1. The fourth-order valence-electron chi connectivity index (χ4n) is 3.41. The first kappa shape index (κ1) is 18.4. The van der Waals surface area contributed by atoms with Crippen molar-refractivity contribution in [3.8, 4) is 11.3 Å². The molecule has 0 saturated carbocycles. The van der Waals surface area contributed by atoms with Crippen molar-refractivity contribution in [1.29, 1.82) is 0 Å². The number of rotatable bonds is 6. The summed E-state index contributed by atoms with van der Waals surface area (Å²) in [5.74, 6) is 1.03. The summed E-state index contributed by atoms with van der Waals surface area (Å²) < 4.78 is 7.09. The molecule has 0 aliphatic carbocycles. The summed E-state index contributed by atoms with van der Waals surface area (Å²) in [5, 5.41) is 12.1. The minimum Gasteiger partial charge on any atom is -0.359 e. The van der Waals surface area contributed by atoms with Gasteiger partial charge in [0, 0.05) is 49.7 Å². The Balaban J connectivity index is 1.34. The highest BCUT2D eigenvalue weighted by atomic mass is 16.5. The van der Waals surface area contributed by atoms with Gasteiger partial charge in [-0.15, -0.1) is 0 Å². The highest BCUT2D eigenvalue weighted by molar-refractivity contribution is 5.75. The van der Waals surface area contributed by atoms with E-state index >= 15 is 0 Å². The number of carbonyl (C=O) groups is 1. The van der Waals surface area contributed by atoms with Crippen LogP contribution in [0.4, 0.5) is 0 Å². The maximum atomic E-state index is 12.6. The van der Waals surface area contributed by atoms with Crippen molar-refractivity contribution in [2.75, 3.05) is 20.1 Å². The summed E-state index contributed by atoms with van der Waals surface area (Å²) >= 11 is 0. The number of amides is 1. The highest BCUT2D eigenvalue weighted by Gasteiger charge is 2.19. The van der Waals surface area contributed by atoms with Crippen LogP contribution in [0.3, 0.4) is 0 Å². The number of likely N-dealkylation sites (N-methyl/N-ethyl adjacent to an activating group) is 1. The molecule has 146 valence electrons. The van der Waals surface area contributed by atoms with Crippen LogP contribution in [0, 0.1) is 0 Å². The second kappa shape index (κ2) is 8.35. The molecule has 28 heavy (non-hydrogen) atoms. The van der Waals surface area contributed by atoms with Crippen LogP contribution in [0.1, 0.15) is 30.2 Å². The topological polar surface area (TPSA) is 89.1 Å². The molecule has 0 radical (unpaired) electrons. The fraction of sp³-hybridized carbons (Fsp3) is 0.400. The molecular weight excluding hydrogens is 356 g/mol. The van der Waals surface area contributed by atoms with E-state index in [1.165, 1.54) is 0 Å². The zero-order valence-electron chi connectivity index (χ0n) is 15.9. The van der Waals surface area contributed by atoms with Gasteiger partial charge in [-0.2, -0.15) is 5.10 Å². The Kier molecular flexibility index (Phi) is 5.48. The minimum atomic E-state index is -0.0317. The van der Waals surface area contributed by atoms with Crippen LogP contribution < -0.4 is 5.32 Å². The van der Waals surface area contributed by atoms with Crippen LogP contribution in [-0.4, -0.2) is 50.9 Å². The van der Waals surface area contributed by atoms with Crippen molar-refractivity contribution in [3.05, 3.63) is 54.3 Å². The Morgan fingerprint density at radius 1 is 1.43 bits per heavy atom. The lowest BCUT2D eigenvalue weighted by Gasteiger charge is -2.20. The van der Waals surface area contributed by atoms with Gasteiger partial charge in [0.1, 0.15) is 12.2 Å². The van der Waals surface area contributed by atoms with Gasteiger partial charge in [0.05, 0.1) is 12.2 Å². The first-order valence-electron chi connectivity index (χ1n) is 9.53. The van der Waals surface area contributed by atoms with Crippen molar-refractivity contribution in [1.82, 2.24) is 30.1 Å². The van der Waals surface area contributed by atoms with Crippen LogP contribution in [0.5, 0.6) is 0 Å². The first-order chi connectivity index (χ1) is 13.7. The van der Waals surface area contributed by atoms with Gasteiger partial charge >= 0.3 is 0 Å². The molecule has 0 unspecified atom stereocenters. The molecule has 0 spiro atoms. The number of piperidine rings is 1. The average Bonchev–Trinajstić information content (AvgIpc) is 3.39. The molecular formula is C20H24N6O2. The first-order valence-corrected chi connectivity index (χ1v) is 9.53. The quantitative estimate of drug-likeness (QED) is 0.704. The zero-order valence-corrected chi connectivity index (χ0v) is 15.9. The van der Waals surface area contributed by atoms with E-state index < -0.39 is 0 Å². The Hall–Kier alpha value is -3.00. The van der Waals surface area contributed by atoms with Gasteiger partial charge in [-0.1, -0.05) is 5.16 Å². The summed E-state index contributed by atoms with van der Waals surface area (Å²) in [6, 6.07) is 7.62. The van der Waals surface area contributed by atoms with Crippen LogP contribution in [0.2, 0.25) is 0 Å². The number of hydrogen-bond acceptors (Lipinski definition) is 6. The Labute approximate surface area is 163 Å². The predicted molar refractivity (Wildman–Crippen MR) is 103 cm³/mol. The maximum Gasteiger partial charge on any atom is 0.244 e. The summed E-state index contributed by atoms with van der Waals surface area (Å²) in [4.78, 5) is 18.3. The molecule has 8 heteroatoms. The van der Waals surface area contributed by atoms with Gasteiger partial charge in [-0.3, -0.25) is 14.5 Å².